The second kappa shape index (κ2) is 7.73. The minimum Gasteiger partial charge on any atom is -0.250 e. The van der Waals surface area contributed by atoms with Crippen molar-refractivity contribution in [3.05, 3.63) is 64.2 Å². The molecule has 0 aliphatic heterocycles. The van der Waals surface area contributed by atoms with Crippen molar-refractivity contribution in [1.29, 1.82) is 0 Å². The lowest BCUT2D eigenvalue weighted by atomic mass is 9.78. The Labute approximate surface area is 188 Å². The van der Waals surface area contributed by atoms with Gasteiger partial charge in [-0.3, -0.25) is 4.18 Å². The molecule has 0 saturated carbocycles. The van der Waals surface area contributed by atoms with Gasteiger partial charge in [0.1, 0.15) is 6.10 Å². The van der Waals surface area contributed by atoms with Crippen LogP contribution < -0.4 is 0 Å². The zero-order valence-corrected chi connectivity index (χ0v) is 20.2. The second-order valence-electron chi connectivity index (χ2n) is 10.4. The summed E-state index contributed by atoms with van der Waals surface area (Å²) in [5, 5.41) is 0. The van der Waals surface area contributed by atoms with Gasteiger partial charge in [0, 0.05) is 0 Å². The van der Waals surface area contributed by atoms with Crippen molar-refractivity contribution in [1.82, 2.24) is 0 Å². The van der Waals surface area contributed by atoms with Crippen LogP contribution in [-0.2, 0) is 25.1 Å². The van der Waals surface area contributed by atoms with E-state index >= 15 is 0 Å². The molecule has 2 aromatic carbocycles. The highest BCUT2D eigenvalue weighted by atomic mass is 32.2. The molecule has 0 N–H and O–H groups in total. The van der Waals surface area contributed by atoms with E-state index in [1.807, 2.05) is 6.07 Å². The van der Waals surface area contributed by atoms with Crippen LogP contribution in [0.3, 0.4) is 0 Å². The summed E-state index contributed by atoms with van der Waals surface area (Å²) < 4.78 is 66.7. The molecule has 32 heavy (non-hydrogen) atoms. The Morgan fingerprint density at radius 2 is 1.41 bits per heavy atom. The largest absolute Gasteiger partial charge is 0.523 e. The number of rotatable bonds is 3. The van der Waals surface area contributed by atoms with Crippen molar-refractivity contribution in [3.63, 3.8) is 0 Å². The fraction of sp³-hybridized carbons (Fsp3) is 0.440. The van der Waals surface area contributed by atoms with Gasteiger partial charge in [0.2, 0.25) is 0 Å². The van der Waals surface area contributed by atoms with Crippen LogP contribution in [0.5, 0.6) is 0 Å². The first-order chi connectivity index (χ1) is 14.4. The van der Waals surface area contributed by atoms with Gasteiger partial charge in [-0.1, -0.05) is 84.0 Å². The van der Waals surface area contributed by atoms with Crippen LogP contribution in [0.1, 0.15) is 76.8 Å². The maximum Gasteiger partial charge on any atom is 0.523 e. The summed E-state index contributed by atoms with van der Waals surface area (Å²) in [6, 6.07) is 11.6. The minimum atomic E-state index is -5.73. The third kappa shape index (κ3) is 4.64. The van der Waals surface area contributed by atoms with E-state index in [1.54, 1.807) is 25.1 Å². The van der Waals surface area contributed by atoms with Crippen LogP contribution in [0.15, 0.2) is 42.0 Å². The zero-order chi connectivity index (χ0) is 24.3. The van der Waals surface area contributed by atoms with Gasteiger partial charge in [0.15, 0.2) is 0 Å². The molecular formula is C25H29F3O3S. The average molecular weight is 467 g/mol. The van der Waals surface area contributed by atoms with Crippen molar-refractivity contribution >= 4 is 16.2 Å². The second-order valence-corrected chi connectivity index (χ2v) is 11.9. The first kappa shape index (κ1) is 24.5. The molecule has 3 nitrogen and oxygen atoms in total. The van der Waals surface area contributed by atoms with Crippen molar-refractivity contribution in [2.45, 2.75) is 70.9 Å². The number of hydrogen-bond acceptors (Lipinski definition) is 3. The summed E-state index contributed by atoms with van der Waals surface area (Å²) in [6.45, 7) is 14.3. The van der Waals surface area contributed by atoms with Crippen molar-refractivity contribution in [2.75, 3.05) is 0 Å². The van der Waals surface area contributed by atoms with Gasteiger partial charge in [-0.15, -0.1) is 0 Å². The van der Waals surface area contributed by atoms with Crippen LogP contribution in [0.4, 0.5) is 13.2 Å². The third-order valence-corrected chi connectivity index (χ3v) is 6.70. The van der Waals surface area contributed by atoms with Gasteiger partial charge >= 0.3 is 15.6 Å². The summed E-state index contributed by atoms with van der Waals surface area (Å²) >= 11 is 0. The molecule has 0 fully saturated rings. The quantitative estimate of drug-likeness (QED) is 0.353. The van der Waals surface area contributed by atoms with E-state index in [0.29, 0.717) is 16.7 Å². The molecule has 7 heteroatoms. The smallest absolute Gasteiger partial charge is 0.250 e. The SMILES string of the molecule is CC1=Cc2c(-c3cc(C(C)(C)C)cc(C(C)(C)C)c3)cccc2C1OS(=O)(=O)C(F)(F)F. The lowest BCUT2D eigenvalue weighted by Gasteiger charge is -2.26. The van der Waals surface area contributed by atoms with Crippen LogP contribution in [0.2, 0.25) is 0 Å². The third-order valence-electron chi connectivity index (χ3n) is 5.69. The van der Waals surface area contributed by atoms with Gasteiger partial charge in [0.05, 0.1) is 0 Å². The van der Waals surface area contributed by atoms with Gasteiger partial charge in [-0.2, -0.15) is 21.6 Å². The van der Waals surface area contributed by atoms with E-state index in [9.17, 15) is 21.6 Å². The summed E-state index contributed by atoms with van der Waals surface area (Å²) in [5.74, 6) is 0. The van der Waals surface area contributed by atoms with E-state index in [0.717, 1.165) is 22.3 Å². The Hall–Kier alpha value is -2.12. The van der Waals surface area contributed by atoms with E-state index in [2.05, 4.69) is 63.9 Å². The molecule has 0 bridgehead atoms. The maximum absolute atomic E-state index is 12.9. The van der Waals surface area contributed by atoms with Crippen LogP contribution in [-0.4, -0.2) is 13.9 Å². The molecule has 1 atom stereocenters. The van der Waals surface area contributed by atoms with Crippen molar-refractivity contribution < 1.29 is 25.8 Å². The number of benzene rings is 2. The fourth-order valence-electron chi connectivity index (χ4n) is 3.73. The lowest BCUT2D eigenvalue weighted by Crippen LogP contribution is -2.27. The Morgan fingerprint density at radius 3 is 1.88 bits per heavy atom. The summed E-state index contributed by atoms with van der Waals surface area (Å²) in [7, 11) is -5.73. The van der Waals surface area contributed by atoms with E-state index in [4.69, 9.17) is 0 Å². The minimum absolute atomic E-state index is 0.105. The molecule has 1 aliphatic carbocycles. The standard InChI is InChI=1S/C25H29F3O3S/c1-15-11-21-19(9-8-10-20(21)22(15)31-32(29,30)25(26,27)28)16-12-17(23(2,3)4)14-18(13-16)24(5,6)7/h8-14,22H,1-7H3. The molecule has 1 unspecified atom stereocenters. The highest BCUT2D eigenvalue weighted by Crippen LogP contribution is 2.45. The number of fused-ring (bicyclic) bond motifs is 1. The van der Waals surface area contributed by atoms with Crippen molar-refractivity contribution in [2.24, 2.45) is 0 Å². The topological polar surface area (TPSA) is 43.4 Å². The molecule has 3 rings (SSSR count). The Kier molecular flexibility index (Phi) is 5.93. The fourth-order valence-corrected chi connectivity index (χ4v) is 4.35. The summed E-state index contributed by atoms with van der Waals surface area (Å²) in [4.78, 5) is 0. The van der Waals surface area contributed by atoms with Crippen molar-refractivity contribution in [3.8, 4) is 11.1 Å². The average Bonchev–Trinajstić information content (AvgIpc) is 2.94. The number of hydrogen-bond donors (Lipinski definition) is 0. The molecular weight excluding hydrogens is 437 g/mol. The molecule has 0 saturated heterocycles. The van der Waals surface area contributed by atoms with Gasteiger partial charge in [0.25, 0.3) is 0 Å². The molecule has 0 spiro atoms. The van der Waals surface area contributed by atoms with Crippen LogP contribution >= 0.6 is 0 Å². The maximum atomic E-state index is 12.9. The van der Waals surface area contributed by atoms with Gasteiger partial charge < -0.3 is 0 Å². The van der Waals surface area contributed by atoms with Gasteiger partial charge in [-0.25, -0.2) is 0 Å². The van der Waals surface area contributed by atoms with Crippen LogP contribution in [0.25, 0.3) is 17.2 Å². The molecule has 0 aromatic heterocycles. The molecule has 174 valence electrons. The molecule has 0 radical (unpaired) electrons. The van der Waals surface area contributed by atoms with Crippen LogP contribution in [0, 0.1) is 0 Å². The Balaban J connectivity index is 2.18. The molecule has 0 amide bonds. The predicted octanol–water partition coefficient (Wildman–Crippen LogP) is 7.27. The highest BCUT2D eigenvalue weighted by Gasteiger charge is 2.49. The lowest BCUT2D eigenvalue weighted by molar-refractivity contribution is -0.0562. The molecule has 1 aliphatic rings. The Bertz CT molecular complexity index is 1150. The van der Waals surface area contributed by atoms with E-state index in [-0.39, 0.29) is 10.8 Å². The Morgan fingerprint density at radius 1 is 0.875 bits per heavy atom. The van der Waals surface area contributed by atoms with Gasteiger partial charge in [-0.05, 0) is 56.7 Å². The van der Waals surface area contributed by atoms with E-state index in [1.165, 1.54) is 0 Å². The molecule has 2 aromatic rings. The summed E-state index contributed by atoms with van der Waals surface area (Å²) in [6.07, 6.45) is 0.409. The normalized spacial score (nSPS) is 17.3. The molecule has 0 heterocycles. The number of halogens is 3. The number of alkyl halides is 3. The summed E-state index contributed by atoms with van der Waals surface area (Å²) in [5.41, 5.74) is -0.147. The first-order valence-corrected chi connectivity index (χ1v) is 11.8. The van der Waals surface area contributed by atoms with E-state index < -0.39 is 21.7 Å². The zero-order valence-electron chi connectivity index (χ0n) is 19.4. The first-order valence-electron chi connectivity index (χ1n) is 10.4. The predicted molar refractivity (Wildman–Crippen MR) is 122 cm³/mol. The monoisotopic (exact) mass is 466 g/mol. The highest BCUT2D eigenvalue weighted by molar-refractivity contribution is 7.87.